The largest absolute Gasteiger partial charge is 0.469 e. The van der Waals surface area contributed by atoms with Crippen molar-refractivity contribution in [3.8, 4) is 0 Å². The maximum atomic E-state index is 12.9. The number of carbonyl (C=O) groups excluding carboxylic acids is 2. The number of halogens is 1. The van der Waals surface area contributed by atoms with Crippen LogP contribution in [0.5, 0.6) is 0 Å². The highest BCUT2D eigenvalue weighted by Gasteiger charge is 2.29. The minimum atomic E-state index is -4.00. The minimum Gasteiger partial charge on any atom is -0.469 e. The van der Waals surface area contributed by atoms with E-state index in [1.165, 1.54) is 25.3 Å². The van der Waals surface area contributed by atoms with Crippen molar-refractivity contribution in [3.05, 3.63) is 58.1 Å². The summed E-state index contributed by atoms with van der Waals surface area (Å²) in [6.07, 6.45) is 1.01. The fraction of sp³-hybridized carbons (Fsp3) is 0.364. The summed E-state index contributed by atoms with van der Waals surface area (Å²) >= 11 is 6.17. The van der Waals surface area contributed by atoms with Crippen LogP contribution in [0.4, 0.5) is 5.69 Å². The second-order valence-electron chi connectivity index (χ2n) is 7.64. The number of sulfonamides is 1. The van der Waals surface area contributed by atoms with Crippen LogP contribution in [-0.2, 0) is 19.6 Å². The quantitative estimate of drug-likeness (QED) is 0.679. The highest BCUT2D eigenvalue weighted by molar-refractivity contribution is 7.92. The van der Waals surface area contributed by atoms with Gasteiger partial charge in [0.1, 0.15) is 4.90 Å². The number of likely N-dealkylation sites (tertiary alicyclic amines) is 1. The molecule has 0 atom stereocenters. The lowest BCUT2D eigenvalue weighted by molar-refractivity contribution is -0.146. The first-order valence-corrected chi connectivity index (χ1v) is 11.7. The van der Waals surface area contributed by atoms with Crippen LogP contribution in [0.2, 0.25) is 5.02 Å². The van der Waals surface area contributed by atoms with Gasteiger partial charge >= 0.3 is 5.97 Å². The summed E-state index contributed by atoms with van der Waals surface area (Å²) in [5.41, 5.74) is 2.64. The topological polar surface area (TPSA) is 92.8 Å². The molecule has 7 nitrogen and oxygen atoms in total. The number of ether oxygens (including phenoxy) is 1. The number of esters is 1. The lowest BCUT2D eigenvalue weighted by atomic mass is 9.96. The lowest BCUT2D eigenvalue weighted by Crippen LogP contribution is -2.40. The molecule has 2 aromatic carbocycles. The van der Waals surface area contributed by atoms with E-state index in [1.807, 2.05) is 19.9 Å². The van der Waals surface area contributed by atoms with Crippen molar-refractivity contribution < 1.29 is 22.7 Å². The highest BCUT2D eigenvalue weighted by atomic mass is 35.5. The molecular weight excluding hydrogens is 440 g/mol. The van der Waals surface area contributed by atoms with E-state index in [0.29, 0.717) is 31.6 Å². The molecule has 1 amide bonds. The minimum absolute atomic E-state index is 0.0253. The number of benzene rings is 2. The Morgan fingerprint density at radius 2 is 1.74 bits per heavy atom. The highest BCUT2D eigenvalue weighted by Crippen LogP contribution is 2.27. The molecule has 1 aliphatic heterocycles. The zero-order valence-electron chi connectivity index (χ0n) is 17.6. The third kappa shape index (κ3) is 5.19. The van der Waals surface area contributed by atoms with Crippen LogP contribution in [0.3, 0.4) is 0 Å². The Hall–Kier alpha value is -2.58. The number of nitrogens with zero attached hydrogens (tertiary/aromatic N) is 1. The van der Waals surface area contributed by atoms with Gasteiger partial charge in [0.05, 0.1) is 18.1 Å². The molecule has 1 N–H and O–H groups in total. The van der Waals surface area contributed by atoms with Crippen LogP contribution in [0.25, 0.3) is 0 Å². The maximum Gasteiger partial charge on any atom is 0.308 e. The number of hydrogen-bond acceptors (Lipinski definition) is 5. The normalized spacial score (nSPS) is 14.9. The Labute approximate surface area is 187 Å². The molecule has 3 rings (SSSR count). The first kappa shape index (κ1) is 23.1. The summed E-state index contributed by atoms with van der Waals surface area (Å²) in [7, 11) is -2.65. The van der Waals surface area contributed by atoms with E-state index in [9.17, 15) is 18.0 Å². The molecule has 1 aliphatic rings. The number of methoxy groups -OCH3 is 1. The second kappa shape index (κ2) is 9.28. The number of rotatable bonds is 5. The van der Waals surface area contributed by atoms with Crippen molar-refractivity contribution in [2.75, 3.05) is 24.9 Å². The van der Waals surface area contributed by atoms with Crippen LogP contribution in [0.15, 0.2) is 41.3 Å². The molecule has 2 aromatic rings. The molecule has 1 fully saturated rings. The predicted molar refractivity (Wildman–Crippen MR) is 119 cm³/mol. The molecular formula is C22H25ClN2O5S. The number of nitrogens with one attached hydrogen (secondary N) is 1. The lowest BCUT2D eigenvalue weighted by Gasteiger charge is -2.30. The fourth-order valence-corrected chi connectivity index (χ4v) is 5.10. The Morgan fingerprint density at radius 1 is 1.06 bits per heavy atom. The maximum absolute atomic E-state index is 12.9. The number of hydrogen-bond donors (Lipinski definition) is 1. The number of aryl methyl sites for hydroxylation is 2. The zero-order valence-corrected chi connectivity index (χ0v) is 19.2. The van der Waals surface area contributed by atoms with Gasteiger partial charge in [0.25, 0.3) is 15.9 Å². The third-order valence-electron chi connectivity index (χ3n) is 5.54. The molecule has 1 saturated heterocycles. The predicted octanol–water partition coefficient (Wildman–Crippen LogP) is 3.78. The van der Waals surface area contributed by atoms with Gasteiger partial charge in [-0.3, -0.25) is 14.3 Å². The number of amides is 1. The second-order valence-corrected chi connectivity index (χ2v) is 9.70. The van der Waals surface area contributed by atoms with Crippen molar-refractivity contribution in [3.63, 3.8) is 0 Å². The molecule has 0 saturated carbocycles. The zero-order chi connectivity index (χ0) is 22.8. The van der Waals surface area contributed by atoms with Crippen LogP contribution in [-0.4, -0.2) is 45.4 Å². The van der Waals surface area contributed by atoms with Crippen molar-refractivity contribution in [2.45, 2.75) is 31.6 Å². The molecule has 166 valence electrons. The molecule has 1 heterocycles. The van der Waals surface area contributed by atoms with E-state index in [-0.39, 0.29) is 33.3 Å². The summed E-state index contributed by atoms with van der Waals surface area (Å²) in [4.78, 5) is 26.1. The van der Waals surface area contributed by atoms with E-state index < -0.39 is 10.0 Å². The Balaban J connectivity index is 1.80. The molecule has 0 radical (unpaired) electrons. The van der Waals surface area contributed by atoms with E-state index in [0.717, 1.165) is 11.1 Å². The molecule has 0 spiro atoms. The van der Waals surface area contributed by atoms with Crippen LogP contribution < -0.4 is 4.72 Å². The van der Waals surface area contributed by atoms with Crippen LogP contribution >= 0.6 is 11.6 Å². The van der Waals surface area contributed by atoms with Gasteiger partial charge in [-0.05, 0) is 68.1 Å². The van der Waals surface area contributed by atoms with Gasteiger partial charge in [-0.15, -0.1) is 0 Å². The molecule has 31 heavy (non-hydrogen) atoms. The third-order valence-corrected chi connectivity index (χ3v) is 7.41. The van der Waals surface area contributed by atoms with Crippen LogP contribution in [0.1, 0.15) is 34.3 Å². The Kier molecular flexibility index (Phi) is 6.91. The summed E-state index contributed by atoms with van der Waals surface area (Å²) in [6, 6.07) is 9.44. The standard InChI is InChI=1S/C22H25ClN2O5S/c1-14-4-6-18(12-15(14)2)24-31(28,29)20-13-17(5-7-19(20)23)21(26)25-10-8-16(9-11-25)22(27)30-3/h4-7,12-13,16,24H,8-11H2,1-3H3. The van der Waals surface area contributed by atoms with E-state index in [1.54, 1.807) is 17.0 Å². The number of anilines is 1. The fourth-order valence-electron chi connectivity index (χ4n) is 3.52. The first-order valence-electron chi connectivity index (χ1n) is 9.89. The van der Waals surface area contributed by atoms with E-state index in [4.69, 9.17) is 16.3 Å². The monoisotopic (exact) mass is 464 g/mol. The average molecular weight is 465 g/mol. The van der Waals surface area contributed by atoms with Gasteiger partial charge in [-0.2, -0.15) is 0 Å². The van der Waals surface area contributed by atoms with Gasteiger partial charge in [0, 0.05) is 24.3 Å². The number of piperidine rings is 1. The Bertz CT molecular complexity index is 1110. The van der Waals surface area contributed by atoms with Gasteiger partial charge in [0.15, 0.2) is 0 Å². The summed E-state index contributed by atoms with van der Waals surface area (Å²) in [5.74, 6) is -0.802. The van der Waals surface area contributed by atoms with Gasteiger partial charge < -0.3 is 9.64 Å². The summed E-state index contributed by atoms with van der Waals surface area (Å²) in [6.45, 7) is 4.62. The SMILES string of the molecule is COC(=O)C1CCN(C(=O)c2ccc(Cl)c(S(=O)(=O)Nc3ccc(C)c(C)c3)c2)CC1. The molecule has 0 aliphatic carbocycles. The molecule has 0 unspecified atom stereocenters. The summed E-state index contributed by atoms with van der Waals surface area (Å²) in [5, 5.41) is 0.0253. The smallest absolute Gasteiger partial charge is 0.308 e. The first-order chi connectivity index (χ1) is 14.6. The van der Waals surface area contributed by atoms with Gasteiger partial charge in [-0.25, -0.2) is 8.42 Å². The van der Waals surface area contributed by atoms with Gasteiger partial charge in [0.2, 0.25) is 0 Å². The molecule has 0 bridgehead atoms. The van der Waals surface area contributed by atoms with Gasteiger partial charge in [-0.1, -0.05) is 17.7 Å². The summed E-state index contributed by atoms with van der Waals surface area (Å²) < 4.78 is 33.2. The van der Waals surface area contributed by atoms with E-state index in [2.05, 4.69) is 4.72 Å². The number of carbonyl (C=O) groups is 2. The molecule has 9 heteroatoms. The Morgan fingerprint density at radius 3 is 2.35 bits per heavy atom. The van der Waals surface area contributed by atoms with Crippen molar-refractivity contribution >= 4 is 39.2 Å². The van der Waals surface area contributed by atoms with Crippen LogP contribution in [0, 0.1) is 19.8 Å². The van der Waals surface area contributed by atoms with Crippen molar-refractivity contribution in [1.82, 2.24) is 4.90 Å². The average Bonchev–Trinajstić information content (AvgIpc) is 2.75. The van der Waals surface area contributed by atoms with Crippen molar-refractivity contribution in [2.24, 2.45) is 5.92 Å². The van der Waals surface area contributed by atoms with E-state index >= 15 is 0 Å². The molecule has 0 aromatic heterocycles. The van der Waals surface area contributed by atoms with Crippen molar-refractivity contribution in [1.29, 1.82) is 0 Å².